The molecule has 2 rings (SSSR count). The first-order chi connectivity index (χ1) is 12.2. The molecule has 0 heterocycles. The van der Waals surface area contributed by atoms with Crippen LogP contribution in [0.2, 0.25) is 5.02 Å². The standard InChI is InChI=1S/C19H23ClN2O3S/c1-15-6-8-17(9-7-15)13-21-19(23)14-22(26(2,24)25)11-10-16-4-3-5-18(20)12-16/h3-9,12H,10-11,13-14H2,1-2H3,(H,21,23). The molecular weight excluding hydrogens is 372 g/mol. The molecule has 2 aromatic rings. The van der Waals surface area contributed by atoms with Gasteiger partial charge in [-0.3, -0.25) is 4.79 Å². The first kappa shape index (κ1) is 20.4. The molecule has 0 spiro atoms. The fraction of sp³-hybridized carbons (Fsp3) is 0.316. The van der Waals surface area contributed by atoms with Crippen LogP contribution in [0, 0.1) is 6.92 Å². The van der Waals surface area contributed by atoms with Crippen molar-refractivity contribution in [3.63, 3.8) is 0 Å². The summed E-state index contributed by atoms with van der Waals surface area (Å²) in [5, 5.41) is 3.36. The van der Waals surface area contributed by atoms with Crippen LogP contribution < -0.4 is 5.32 Å². The molecule has 0 aliphatic rings. The van der Waals surface area contributed by atoms with E-state index in [0.29, 0.717) is 18.0 Å². The highest BCUT2D eigenvalue weighted by Gasteiger charge is 2.19. The summed E-state index contributed by atoms with van der Waals surface area (Å²) >= 11 is 5.95. The molecule has 1 N–H and O–H groups in total. The summed E-state index contributed by atoms with van der Waals surface area (Å²) in [5.74, 6) is -0.331. The number of nitrogens with zero attached hydrogens (tertiary/aromatic N) is 1. The van der Waals surface area contributed by atoms with Crippen molar-refractivity contribution in [1.29, 1.82) is 0 Å². The summed E-state index contributed by atoms with van der Waals surface area (Å²) < 4.78 is 25.2. The molecule has 0 aliphatic heterocycles. The van der Waals surface area contributed by atoms with Crippen LogP contribution >= 0.6 is 11.6 Å². The van der Waals surface area contributed by atoms with Crippen LogP contribution in [-0.4, -0.2) is 38.0 Å². The van der Waals surface area contributed by atoms with E-state index >= 15 is 0 Å². The molecule has 0 saturated carbocycles. The number of carbonyl (C=O) groups is 1. The van der Waals surface area contributed by atoms with Crippen LogP contribution in [0.15, 0.2) is 48.5 Å². The van der Waals surface area contributed by atoms with Crippen molar-refractivity contribution >= 4 is 27.5 Å². The molecule has 0 radical (unpaired) electrons. The normalized spacial score (nSPS) is 11.5. The predicted octanol–water partition coefficient (Wildman–Crippen LogP) is 2.77. The van der Waals surface area contributed by atoms with Crippen molar-refractivity contribution in [2.45, 2.75) is 19.9 Å². The molecule has 7 heteroatoms. The van der Waals surface area contributed by atoms with Crippen molar-refractivity contribution in [1.82, 2.24) is 9.62 Å². The molecule has 140 valence electrons. The van der Waals surface area contributed by atoms with E-state index in [1.807, 2.05) is 43.3 Å². The molecule has 0 atom stereocenters. The Kier molecular flexibility index (Phi) is 7.20. The van der Waals surface area contributed by atoms with Gasteiger partial charge in [-0.25, -0.2) is 8.42 Å². The zero-order valence-electron chi connectivity index (χ0n) is 14.9. The third kappa shape index (κ3) is 6.78. The van der Waals surface area contributed by atoms with Gasteiger partial charge in [-0.1, -0.05) is 53.6 Å². The fourth-order valence-electron chi connectivity index (χ4n) is 2.43. The molecule has 2 aromatic carbocycles. The Bertz CT molecular complexity index is 851. The molecule has 26 heavy (non-hydrogen) atoms. The van der Waals surface area contributed by atoms with Gasteiger partial charge in [0.05, 0.1) is 12.8 Å². The molecule has 1 amide bonds. The Balaban J connectivity index is 1.92. The Morgan fingerprint density at radius 3 is 2.42 bits per heavy atom. The third-order valence-corrected chi connectivity index (χ3v) is 5.42. The van der Waals surface area contributed by atoms with Crippen molar-refractivity contribution < 1.29 is 13.2 Å². The smallest absolute Gasteiger partial charge is 0.235 e. The second-order valence-corrected chi connectivity index (χ2v) is 8.66. The number of nitrogens with one attached hydrogen (secondary N) is 1. The summed E-state index contributed by atoms with van der Waals surface area (Å²) in [4.78, 5) is 12.2. The highest BCUT2D eigenvalue weighted by atomic mass is 35.5. The number of carbonyl (C=O) groups excluding carboxylic acids is 1. The highest BCUT2D eigenvalue weighted by Crippen LogP contribution is 2.12. The average Bonchev–Trinajstić information content (AvgIpc) is 2.57. The first-order valence-electron chi connectivity index (χ1n) is 8.26. The second kappa shape index (κ2) is 9.16. The zero-order valence-corrected chi connectivity index (χ0v) is 16.5. The second-order valence-electron chi connectivity index (χ2n) is 6.24. The molecule has 0 saturated heterocycles. The fourth-order valence-corrected chi connectivity index (χ4v) is 3.42. The van der Waals surface area contributed by atoms with Crippen LogP contribution in [0.3, 0.4) is 0 Å². The molecule has 0 aliphatic carbocycles. The van der Waals surface area contributed by atoms with Gasteiger partial charge in [-0.05, 0) is 36.6 Å². The summed E-state index contributed by atoms with van der Waals surface area (Å²) in [6.07, 6.45) is 1.59. The van der Waals surface area contributed by atoms with E-state index in [0.717, 1.165) is 22.9 Å². The summed E-state index contributed by atoms with van der Waals surface area (Å²) in [7, 11) is -3.49. The van der Waals surface area contributed by atoms with Gasteiger partial charge in [0.1, 0.15) is 0 Å². The van der Waals surface area contributed by atoms with E-state index in [1.165, 1.54) is 4.31 Å². The van der Waals surface area contributed by atoms with Gasteiger partial charge in [-0.2, -0.15) is 4.31 Å². The minimum atomic E-state index is -3.49. The largest absolute Gasteiger partial charge is 0.351 e. The number of hydrogen-bond acceptors (Lipinski definition) is 3. The quantitative estimate of drug-likeness (QED) is 0.748. The van der Waals surface area contributed by atoms with Crippen LogP contribution in [0.5, 0.6) is 0 Å². The van der Waals surface area contributed by atoms with Gasteiger partial charge in [-0.15, -0.1) is 0 Å². The molecule has 5 nitrogen and oxygen atoms in total. The lowest BCUT2D eigenvalue weighted by Gasteiger charge is -2.19. The summed E-state index contributed by atoms with van der Waals surface area (Å²) in [6, 6.07) is 15.1. The van der Waals surface area contributed by atoms with E-state index in [4.69, 9.17) is 11.6 Å². The number of sulfonamides is 1. The van der Waals surface area contributed by atoms with Crippen LogP contribution in [0.1, 0.15) is 16.7 Å². The number of amides is 1. The van der Waals surface area contributed by atoms with Crippen LogP contribution in [-0.2, 0) is 27.8 Å². The van der Waals surface area contributed by atoms with E-state index in [9.17, 15) is 13.2 Å². The predicted molar refractivity (Wildman–Crippen MR) is 105 cm³/mol. The van der Waals surface area contributed by atoms with Crippen LogP contribution in [0.4, 0.5) is 0 Å². The van der Waals surface area contributed by atoms with Gasteiger partial charge in [0.15, 0.2) is 0 Å². The number of hydrogen-bond donors (Lipinski definition) is 1. The maximum Gasteiger partial charge on any atom is 0.235 e. The van der Waals surface area contributed by atoms with Gasteiger partial charge in [0.2, 0.25) is 15.9 Å². The number of halogens is 1. The van der Waals surface area contributed by atoms with Gasteiger partial charge < -0.3 is 5.32 Å². The van der Waals surface area contributed by atoms with E-state index in [1.54, 1.807) is 12.1 Å². The van der Waals surface area contributed by atoms with Gasteiger partial charge in [0.25, 0.3) is 0 Å². The molecule has 0 aromatic heterocycles. The Labute approximate surface area is 160 Å². The maximum absolute atomic E-state index is 12.2. The molecular formula is C19H23ClN2O3S. The lowest BCUT2D eigenvalue weighted by molar-refractivity contribution is -0.121. The van der Waals surface area contributed by atoms with Crippen LogP contribution in [0.25, 0.3) is 0 Å². The Morgan fingerprint density at radius 1 is 1.12 bits per heavy atom. The monoisotopic (exact) mass is 394 g/mol. The summed E-state index contributed by atoms with van der Waals surface area (Å²) in [5.41, 5.74) is 3.03. The van der Waals surface area contributed by atoms with Crippen molar-refractivity contribution in [2.75, 3.05) is 19.3 Å². The molecule has 0 unspecified atom stereocenters. The van der Waals surface area contributed by atoms with Gasteiger partial charge >= 0.3 is 0 Å². The average molecular weight is 395 g/mol. The van der Waals surface area contributed by atoms with E-state index in [2.05, 4.69) is 5.32 Å². The molecule has 0 fully saturated rings. The van der Waals surface area contributed by atoms with E-state index < -0.39 is 10.0 Å². The minimum Gasteiger partial charge on any atom is -0.351 e. The van der Waals surface area contributed by atoms with E-state index in [-0.39, 0.29) is 19.0 Å². The Morgan fingerprint density at radius 2 is 1.81 bits per heavy atom. The lowest BCUT2D eigenvalue weighted by atomic mass is 10.1. The van der Waals surface area contributed by atoms with Crippen molar-refractivity contribution in [2.24, 2.45) is 0 Å². The lowest BCUT2D eigenvalue weighted by Crippen LogP contribution is -2.41. The highest BCUT2D eigenvalue weighted by molar-refractivity contribution is 7.88. The number of benzene rings is 2. The SMILES string of the molecule is Cc1ccc(CNC(=O)CN(CCc2cccc(Cl)c2)S(C)(=O)=O)cc1. The summed E-state index contributed by atoms with van der Waals surface area (Å²) in [6.45, 7) is 2.37. The minimum absolute atomic E-state index is 0.203. The topological polar surface area (TPSA) is 66.5 Å². The van der Waals surface area contributed by atoms with Gasteiger partial charge in [0, 0.05) is 18.1 Å². The molecule has 0 bridgehead atoms. The Hall–Kier alpha value is -1.89. The van der Waals surface area contributed by atoms with Crippen molar-refractivity contribution in [3.8, 4) is 0 Å². The maximum atomic E-state index is 12.2. The first-order valence-corrected chi connectivity index (χ1v) is 10.5. The number of rotatable bonds is 8. The third-order valence-electron chi connectivity index (χ3n) is 3.94. The van der Waals surface area contributed by atoms with Crippen molar-refractivity contribution in [3.05, 3.63) is 70.2 Å². The number of aryl methyl sites for hydroxylation is 1. The zero-order chi connectivity index (χ0) is 19.2.